The van der Waals surface area contributed by atoms with Gasteiger partial charge in [0.25, 0.3) is 0 Å². The third-order valence-corrected chi connectivity index (χ3v) is 4.53. The van der Waals surface area contributed by atoms with Gasteiger partial charge in [0.2, 0.25) is 10.0 Å². The maximum absolute atomic E-state index is 13.8. The van der Waals surface area contributed by atoms with Crippen molar-refractivity contribution in [1.82, 2.24) is 9.62 Å². The van der Waals surface area contributed by atoms with Gasteiger partial charge >= 0.3 is 0 Å². The number of terminal acetylenes is 1. The predicted molar refractivity (Wildman–Crippen MR) is 77.0 cm³/mol. The first-order valence-corrected chi connectivity index (χ1v) is 7.64. The summed E-state index contributed by atoms with van der Waals surface area (Å²) in [6.07, 6.45) is 5.09. The van der Waals surface area contributed by atoms with E-state index in [0.29, 0.717) is 12.1 Å². The minimum Gasteiger partial charge on any atom is -0.310 e. The highest BCUT2D eigenvalue weighted by molar-refractivity contribution is 7.89. The molecule has 0 spiro atoms. The molecule has 0 aliphatic carbocycles. The third-order valence-electron chi connectivity index (χ3n) is 2.71. The number of hydrogen-bond acceptors (Lipinski definition) is 3. The van der Waals surface area contributed by atoms with Gasteiger partial charge in [-0.3, -0.25) is 0 Å². The van der Waals surface area contributed by atoms with Gasteiger partial charge in [0.15, 0.2) is 0 Å². The number of nitrogens with one attached hydrogen (secondary N) is 1. The number of sulfonamides is 1. The van der Waals surface area contributed by atoms with Crippen LogP contribution in [0.5, 0.6) is 0 Å². The third kappa shape index (κ3) is 4.04. The van der Waals surface area contributed by atoms with Crippen LogP contribution in [-0.2, 0) is 16.6 Å². The molecule has 0 bridgehead atoms. The van der Waals surface area contributed by atoms with Gasteiger partial charge in [0, 0.05) is 19.6 Å². The Hall–Kier alpha value is -1.42. The smallest absolute Gasteiger partial charge is 0.246 e. The molecule has 1 rings (SSSR count). The Balaban J connectivity index is 3.11. The van der Waals surface area contributed by atoms with Crippen LogP contribution in [0.25, 0.3) is 0 Å². The quantitative estimate of drug-likeness (QED) is 0.811. The van der Waals surface area contributed by atoms with Crippen molar-refractivity contribution in [2.75, 3.05) is 13.6 Å². The molecule has 0 saturated carbocycles. The normalized spacial score (nSPS) is 11.8. The molecule has 4 nitrogen and oxygen atoms in total. The molecule has 0 radical (unpaired) electrons. The summed E-state index contributed by atoms with van der Waals surface area (Å²) in [5.41, 5.74) is 0.702. The Labute approximate surface area is 120 Å². The van der Waals surface area contributed by atoms with Crippen LogP contribution >= 0.6 is 0 Å². The molecule has 0 aliphatic heterocycles. The van der Waals surface area contributed by atoms with Crippen LogP contribution < -0.4 is 5.32 Å². The second-order valence-electron chi connectivity index (χ2n) is 4.77. The molecule has 0 fully saturated rings. The maximum atomic E-state index is 13.8. The molecule has 0 aliphatic rings. The standard InChI is InChI=1S/C14H19FN2O2S/c1-5-8-17(4)20(18,19)14-9-12(6-7-13(14)15)10-16-11(2)3/h1,6-7,9,11,16H,8,10H2,2-4H3. The highest BCUT2D eigenvalue weighted by atomic mass is 32.2. The average Bonchev–Trinajstić information content (AvgIpc) is 2.37. The zero-order chi connectivity index (χ0) is 15.3. The summed E-state index contributed by atoms with van der Waals surface area (Å²) >= 11 is 0. The van der Waals surface area contributed by atoms with Crippen molar-refractivity contribution in [2.24, 2.45) is 0 Å². The average molecular weight is 298 g/mol. The Bertz CT molecular complexity index is 606. The molecular formula is C14H19FN2O2S. The van der Waals surface area contributed by atoms with Crippen LogP contribution in [-0.4, -0.2) is 32.4 Å². The fourth-order valence-electron chi connectivity index (χ4n) is 1.56. The van der Waals surface area contributed by atoms with E-state index >= 15 is 0 Å². The summed E-state index contributed by atoms with van der Waals surface area (Å²) in [7, 11) is -2.58. The van der Waals surface area contributed by atoms with Crippen LogP contribution in [0, 0.1) is 18.2 Å². The first-order valence-electron chi connectivity index (χ1n) is 6.20. The largest absolute Gasteiger partial charge is 0.310 e. The minimum absolute atomic E-state index is 0.101. The molecule has 0 amide bonds. The Morgan fingerprint density at radius 3 is 2.65 bits per heavy atom. The summed E-state index contributed by atoms with van der Waals surface area (Å²) in [5, 5.41) is 3.15. The molecule has 0 atom stereocenters. The van der Waals surface area contributed by atoms with E-state index in [1.807, 2.05) is 13.8 Å². The molecule has 110 valence electrons. The van der Waals surface area contributed by atoms with Crippen LogP contribution in [0.4, 0.5) is 4.39 Å². The topological polar surface area (TPSA) is 49.4 Å². The van der Waals surface area contributed by atoms with E-state index in [1.54, 1.807) is 6.07 Å². The van der Waals surface area contributed by atoms with Gasteiger partial charge in [-0.1, -0.05) is 25.8 Å². The number of benzene rings is 1. The van der Waals surface area contributed by atoms with Crippen LogP contribution in [0.15, 0.2) is 23.1 Å². The fraction of sp³-hybridized carbons (Fsp3) is 0.429. The summed E-state index contributed by atoms with van der Waals surface area (Å²) < 4.78 is 39.1. The van der Waals surface area contributed by atoms with E-state index in [4.69, 9.17) is 6.42 Å². The molecule has 0 aromatic heterocycles. The van der Waals surface area contributed by atoms with E-state index in [9.17, 15) is 12.8 Å². The summed E-state index contributed by atoms with van der Waals surface area (Å²) in [6, 6.07) is 4.32. The molecule has 20 heavy (non-hydrogen) atoms. The fourth-order valence-corrected chi connectivity index (χ4v) is 2.75. The lowest BCUT2D eigenvalue weighted by molar-refractivity contribution is 0.492. The summed E-state index contributed by atoms with van der Waals surface area (Å²) in [5.74, 6) is 1.45. The van der Waals surface area contributed by atoms with E-state index in [-0.39, 0.29) is 17.5 Å². The molecule has 1 N–H and O–H groups in total. The van der Waals surface area contributed by atoms with Crippen molar-refractivity contribution >= 4 is 10.0 Å². The van der Waals surface area contributed by atoms with E-state index < -0.39 is 15.8 Å². The second kappa shape index (κ2) is 6.84. The molecular weight excluding hydrogens is 279 g/mol. The predicted octanol–water partition coefficient (Wildman–Crippen LogP) is 1.58. The highest BCUT2D eigenvalue weighted by Gasteiger charge is 2.24. The van der Waals surface area contributed by atoms with Crippen LogP contribution in [0.2, 0.25) is 0 Å². The van der Waals surface area contributed by atoms with Gasteiger partial charge < -0.3 is 5.32 Å². The van der Waals surface area contributed by atoms with Gasteiger partial charge in [-0.05, 0) is 17.7 Å². The number of rotatable bonds is 6. The highest BCUT2D eigenvalue weighted by Crippen LogP contribution is 2.20. The lowest BCUT2D eigenvalue weighted by Gasteiger charge is -2.16. The monoisotopic (exact) mass is 298 g/mol. The Kier molecular flexibility index (Phi) is 5.69. The van der Waals surface area contributed by atoms with Crippen molar-refractivity contribution in [1.29, 1.82) is 0 Å². The molecule has 0 saturated heterocycles. The number of nitrogens with zero attached hydrogens (tertiary/aromatic N) is 1. The lowest BCUT2D eigenvalue weighted by atomic mass is 10.2. The van der Waals surface area contributed by atoms with Gasteiger partial charge in [-0.2, -0.15) is 4.31 Å². The van der Waals surface area contributed by atoms with Crippen LogP contribution in [0.1, 0.15) is 19.4 Å². The summed E-state index contributed by atoms with van der Waals surface area (Å²) in [6.45, 7) is 4.32. The van der Waals surface area contributed by atoms with E-state index in [1.165, 1.54) is 13.1 Å². The van der Waals surface area contributed by atoms with Crippen molar-refractivity contribution in [2.45, 2.75) is 31.3 Å². The van der Waals surface area contributed by atoms with Gasteiger partial charge in [-0.25, -0.2) is 12.8 Å². The van der Waals surface area contributed by atoms with Gasteiger partial charge in [0.1, 0.15) is 10.7 Å². The summed E-state index contributed by atoms with van der Waals surface area (Å²) in [4.78, 5) is -0.349. The van der Waals surface area contributed by atoms with E-state index in [2.05, 4.69) is 11.2 Å². The minimum atomic E-state index is -3.90. The first-order chi connectivity index (χ1) is 9.28. The number of halogens is 1. The van der Waals surface area contributed by atoms with Crippen molar-refractivity contribution in [3.8, 4) is 12.3 Å². The first kappa shape index (κ1) is 16.6. The molecule has 0 heterocycles. The van der Waals surface area contributed by atoms with Gasteiger partial charge in [0.05, 0.1) is 6.54 Å². The maximum Gasteiger partial charge on any atom is 0.246 e. The van der Waals surface area contributed by atoms with Crippen molar-refractivity contribution in [3.63, 3.8) is 0 Å². The SMILES string of the molecule is C#CCN(C)S(=O)(=O)c1cc(CNC(C)C)ccc1F. The Morgan fingerprint density at radius 2 is 2.10 bits per heavy atom. The zero-order valence-electron chi connectivity index (χ0n) is 11.9. The molecule has 6 heteroatoms. The van der Waals surface area contributed by atoms with Gasteiger partial charge in [-0.15, -0.1) is 6.42 Å². The van der Waals surface area contributed by atoms with Crippen molar-refractivity contribution in [3.05, 3.63) is 29.6 Å². The van der Waals surface area contributed by atoms with Crippen molar-refractivity contribution < 1.29 is 12.8 Å². The number of hydrogen-bond donors (Lipinski definition) is 1. The zero-order valence-corrected chi connectivity index (χ0v) is 12.7. The molecule has 0 unspecified atom stereocenters. The molecule has 1 aromatic rings. The Morgan fingerprint density at radius 1 is 1.45 bits per heavy atom. The lowest BCUT2D eigenvalue weighted by Crippen LogP contribution is -2.28. The second-order valence-corrected chi connectivity index (χ2v) is 6.78. The van der Waals surface area contributed by atoms with Crippen LogP contribution in [0.3, 0.4) is 0 Å². The molecule has 1 aromatic carbocycles. The van der Waals surface area contributed by atoms with E-state index in [0.717, 1.165) is 10.4 Å².